The van der Waals surface area contributed by atoms with Gasteiger partial charge >= 0.3 is 0 Å². The number of aliphatic hydroxyl groups is 1. The molecule has 0 spiro atoms. The summed E-state index contributed by atoms with van der Waals surface area (Å²) in [5.74, 6) is 1.46. The minimum Gasteiger partial charge on any atom is -0.493 e. The molecule has 0 saturated carbocycles. The molecule has 0 heterocycles. The molecule has 1 rings (SSSR count). The third kappa shape index (κ3) is 3.13. The lowest BCUT2D eigenvalue weighted by Gasteiger charge is -2.14. The Labute approximate surface area is 90.6 Å². The summed E-state index contributed by atoms with van der Waals surface area (Å²) in [6.45, 7) is 4.29. The fourth-order valence-corrected chi connectivity index (χ4v) is 1.54. The van der Waals surface area contributed by atoms with Gasteiger partial charge in [-0.25, -0.2) is 0 Å². The summed E-state index contributed by atoms with van der Waals surface area (Å²) >= 11 is 0. The summed E-state index contributed by atoms with van der Waals surface area (Å²) in [6, 6.07) is 5.72. The Morgan fingerprint density at radius 3 is 2.67 bits per heavy atom. The average molecular weight is 210 g/mol. The highest BCUT2D eigenvalue weighted by atomic mass is 16.5. The standard InChI is InChI=1S/C12H18O3/c1-4-15-11-7-5-6-10(8-9(2)13)12(11)14-3/h5-7,9,13H,4,8H2,1-3H3/t9-/m1/s1. The minimum absolute atomic E-state index is 0.379. The molecule has 1 aromatic rings. The molecular formula is C12H18O3. The number of ether oxygens (including phenoxy) is 2. The number of benzene rings is 1. The van der Waals surface area contributed by atoms with Gasteiger partial charge in [0.05, 0.1) is 19.8 Å². The molecule has 0 aliphatic carbocycles. The van der Waals surface area contributed by atoms with Crippen LogP contribution in [0.25, 0.3) is 0 Å². The van der Waals surface area contributed by atoms with Gasteiger partial charge in [-0.2, -0.15) is 0 Å². The van der Waals surface area contributed by atoms with Crippen LogP contribution < -0.4 is 9.47 Å². The van der Waals surface area contributed by atoms with E-state index in [2.05, 4.69) is 0 Å². The van der Waals surface area contributed by atoms with E-state index in [1.54, 1.807) is 14.0 Å². The van der Waals surface area contributed by atoms with Crippen molar-refractivity contribution in [3.63, 3.8) is 0 Å². The van der Waals surface area contributed by atoms with Crippen LogP contribution in [-0.4, -0.2) is 24.9 Å². The van der Waals surface area contributed by atoms with Crippen LogP contribution in [0.1, 0.15) is 19.4 Å². The highest BCUT2D eigenvalue weighted by Crippen LogP contribution is 2.31. The van der Waals surface area contributed by atoms with Crippen LogP contribution in [0, 0.1) is 0 Å². The molecular weight excluding hydrogens is 192 g/mol. The maximum atomic E-state index is 9.35. The molecule has 0 aliphatic rings. The number of methoxy groups -OCH3 is 1. The molecule has 15 heavy (non-hydrogen) atoms. The summed E-state index contributed by atoms with van der Waals surface area (Å²) in [4.78, 5) is 0. The first-order valence-corrected chi connectivity index (χ1v) is 5.15. The smallest absolute Gasteiger partial charge is 0.164 e. The van der Waals surface area contributed by atoms with E-state index in [0.717, 1.165) is 17.1 Å². The van der Waals surface area contributed by atoms with Crippen molar-refractivity contribution in [1.29, 1.82) is 0 Å². The van der Waals surface area contributed by atoms with Gasteiger partial charge in [-0.1, -0.05) is 12.1 Å². The molecule has 3 heteroatoms. The van der Waals surface area contributed by atoms with Gasteiger partial charge in [0.25, 0.3) is 0 Å². The maximum Gasteiger partial charge on any atom is 0.164 e. The van der Waals surface area contributed by atoms with E-state index < -0.39 is 0 Å². The first-order valence-electron chi connectivity index (χ1n) is 5.15. The molecule has 0 saturated heterocycles. The SMILES string of the molecule is CCOc1cccc(C[C@@H](C)O)c1OC. The molecule has 84 valence electrons. The second-order valence-corrected chi connectivity index (χ2v) is 3.43. The van der Waals surface area contributed by atoms with Crippen LogP contribution in [0.2, 0.25) is 0 Å². The fourth-order valence-electron chi connectivity index (χ4n) is 1.54. The molecule has 1 N–H and O–H groups in total. The monoisotopic (exact) mass is 210 g/mol. The average Bonchev–Trinajstić information content (AvgIpc) is 2.18. The van der Waals surface area contributed by atoms with Gasteiger partial charge in [0.2, 0.25) is 0 Å². The number of aliphatic hydroxyl groups excluding tert-OH is 1. The van der Waals surface area contributed by atoms with Gasteiger partial charge in [-0.3, -0.25) is 0 Å². The third-order valence-electron chi connectivity index (χ3n) is 2.08. The van der Waals surface area contributed by atoms with Crippen LogP contribution in [-0.2, 0) is 6.42 Å². The first-order chi connectivity index (χ1) is 7.19. The van der Waals surface area contributed by atoms with Crippen molar-refractivity contribution in [2.75, 3.05) is 13.7 Å². The molecule has 0 fully saturated rings. The van der Waals surface area contributed by atoms with E-state index in [4.69, 9.17) is 9.47 Å². The van der Waals surface area contributed by atoms with Crippen LogP contribution in [0.4, 0.5) is 0 Å². The molecule has 0 aromatic heterocycles. The number of rotatable bonds is 5. The summed E-state index contributed by atoms with van der Waals surface area (Å²) in [5, 5.41) is 9.35. The minimum atomic E-state index is -0.379. The van der Waals surface area contributed by atoms with Gasteiger partial charge in [-0.15, -0.1) is 0 Å². The molecule has 1 atom stereocenters. The molecule has 0 radical (unpaired) electrons. The highest BCUT2D eigenvalue weighted by Gasteiger charge is 2.11. The second-order valence-electron chi connectivity index (χ2n) is 3.43. The van der Waals surface area contributed by atoms with E-state index in [9.17, 15) is 5.11 Å². The zero-order valence-electron chi connectivity index (χ0n) is 9.49. The molecule has 1 aromatic carbocycles. The lowest BCUT2D eigenvalue weighted by molar-refractivity contribution is 0.193. The number of hydrogen-bond acceptors (Lipinski definition) is 3. The van der Waals surface area contributed by atoms with Gasteiger partial charge in [0, 0.05) is 12.0 Å². The Morgan fingerprint density at radius 1 is 1.40 bits per heavy atom. The third-order valence-corrected chi connectivity index (χ3v) is 2.08. The van der Waals surface area contributed by atoms with Gasteiger partial charge in [-0.05, 0) is 19.9 Å². The summed E-state index contributed by atoms with van der Waals surface area (Å²) < 4.78 is 10.7. The van der Waals surface area contributed by atoms with Crippen LogP contribution >= 0.6 is 0 Å². The molecule has 3 nitrogen and oxygen atoms in total. The fraction of sp³-hybridized carbons (Fsp3) is 0.500. The first kappa shape index (κ1) is 11.9. The predicted molar refractivity (Wildman–Crippen MR) is 59.5 cm³/mol. The summed E-state index contributed by atoms with van der Waals surface area (Å²) in [5.41, 5.74) is 0.971. The lowest BCUT2D eigenvalue weighted by Crippen LogP contribution is -2.06. The lowest BCUT2D eigenvalue weighted by atomic mass is 10.1. The summed E-state index contributed by atoms with van der Waals surface area (Å²) in [7, 11) is 1.61. The Morgan fingerprint density at radius 2 is 2.13 bits per heavy atom. The molecule has 0 unspecified atom stereocenters. The number of hydrogen-bond donors (Lipinski definition) is 1. The van der Waals surface area contributed by atoms with E-state index >= 15 is 0 Å². The Hall–Kier alpha value is -1.22. The molecule has 0 bridgehead atoms. The van der Waals surface area contributed by atoms with Crippen LogP contribution in [0.5, 0.6) is 11.5 Å². The van der Waals surface area contributed by atoms with Crippen molar-refractivity contribution >= 4 is 0 Å². The highest BCUT2D eigenvalue weighted by molar-refractivity contribution is 5.46. The van der Waals surface area contributed by atoms with Crippen molar-refractivity contribution in [3.05, 3.63) is 23.8 Å². The predicted octanol–water partition coefficient (Wildman–Crippen LogP) is 2.02. The van der Waals surface area contributed by atoms with Gasteiger partial charge in [0.1, 0.15) is 0 Å². The summed E-state index contributed by atoms with van der Waals surface area (Å²) in [6.07, 6.45) is 0.195. The van der Waals surface area contributed by atoms with Crippen LogP contribution in [0.15, 0.2) is 18.2 Å². The van der Waals surface area contributed by atoms with Crippen LogP contribution in [0.3, 0.4) is 0 Å². The van der Waals surface area contributed by atoms with E-state index in [-0.39, 0.29) is 6.10 Å². The topological polar surface area (TPSA) is 38.7 Å². The van der Waals surface area contributed by atoms with Gasteiger partial charge < -0.3 is 14.6 Å². The van der Waals surface area contributed by atoms with Crippen molar-refractivity contribution in [2.45, 2.75) is 26.4 Å². The normalized spacial score (nSPS) is 12.3. The largest absolute Gasteiger partial charge is 0.493 e. The zero-order chi connectivity index (χ0) is 11.3. The quantitative estimate of drug-likeness (QED) is 0.808. The van der Waals surface area contributed by atoms with Gasteiger partial charge in [0.15, 0.2) is 11.5 Å². The Kier molecular flexibility index (Phi) is 4.43. The maximum absolute atomic E-state index is 9.35. The van der Waals surface area contributed by atoms with E-state index in [1.807, 2.05) is 25.1 Å². The van der Waals surface area contributed by atoms with Crippen molar-refractivity contribution < 1.29 is 14.6 Å². The molecule has 0 amide bonds. The van der Waals surface area contributed by atoms with Crippen molar-refractivity contribution in [1.82, 2.24) is 0 Å². The number of para-hydroxylation sites is 1. The zero-order valence-corrected chi connectivity index (χ0v) is 9.49. The Balaban J connectivity index is 2.98. The Bertz CT molecular complexity index is 308. The van der Waals surface area contributed by atoms with Crippen molar-refractivity contribution in [3.8, 4) is 11.5 Å². The molecule has 0 aliphatic heterocycles. The second kappa shape index (κ2) is 5.61. The van der Waals surface area contributed by atoms with Crippen molar-refractivity contribution in [2.24, 2.45) is 0 Å². The van der Waals surface area contributed by atoms with E-state index in [0.29, 0.717) is 13.0 Å². The van der Waals surface area contributed by atoms with E-state index in [1.165, 1.54) is 0 Å².